The van der Waals surface area contributed by atoms with E-state index in [1.165, 1.54) is 5.56 Å². The van der Waals surface area contributed by atoms with Gasteiger partial charge in [0, 0.05) is 12.7 Å². The van der Waals surface area contributed by atoms with E-state index in [1.807, 2.05) is 26.0 Å². The monoisotopic (exact) mass is 271 g/mol. The van der Waals surface area contributed by atoms with Crippen LogP contribution in [0.5, 0.6) is 5.75 Å². The Morgan fingerprint density at radius 3 is 2.90 bits per heavy atom. The largest absolute Gasteiger partial charge is 0.497 e. The van der Waals surface area contributed by atoms with Crippen molar-refractivity contribution in [2.45, 2.75) is 26.7 Å². The molecule has 0 saturated carbocycles. The molecule has 2 aromatic rings. The number of nitrogens with zero attached hydrogens (tertiary/aromatic N) is 2. The first-order valence-corrected chi connectivity index (χ1v) is 6.86. The summed E-state index contributed by atoms with van der Waals surface area (Å²) in [4.78, 5) is 8.75. The lowest BCUT2D eigenvalue weighted by Gasteiger charge is -2.09. The Kier molecular flexibility index (Phi) is 4.93. The van der Waals surface area contributed by atoms with E-state index in [1.54, 1.807) is 13.3 Å². The average molecular weight is 271 g/mol. The second-order valence-electron chi connectivity index (χ2n) is 4.83. The summed E-state index contributed by atoms with van der Waals surface area (Å²) in [6.45, 7) is 4.81. The molecule has 0 atom stereocenters. The Morgan fingerprint density at radius 2 is 2.10 bits per heavy atom. The molecule has 1 heterocycles. The molecule has 0 radical (unpaired) electrons. The topological polar surface area (TPSA) is 47.0 Å². The number of hydrogen-bond donors (Lipinski definition) is 1. The number of benzene rings is 1. The zero-order chi connectivity index (χ0) is 14.4. The van der Waals surface area contributed by atoms with Crippen molar-refractivity contribution in [3.05, 3.63) is 47.4 Å². The molecule has 0 fully saturated rings. The van der Waals surface area contributed by atoms with Gasteiger partial charge in [-0.25, -0.2) is 4.98 Å². The minimum absolute atomic E-state index is 0.885. The van der Waals surface area contributed by atoms with Crippen LogP contribution in [0.4, 0.5) is 5.82 Å². The Morgan fingerprint density at radius 1 is 1.25 bits per heavy atom. The number of methoxy groups -OCH3 is 1. The van der Waals surface area contributed by atoms with Gasteiger partial charge in [0.15, 0.2) is 0 Å². The molecule has 0 amide bonds. The molecule has 4 nitrogen and oxygen atoms in total. The zero-order valence-corrected chi connectivity index (χ0v) is 12.3. The molecule has 0 unspecified atom stereocenters. The van der Waals surface area contributed by atoms with Crippen molar-refractivity contribution >= 4 is 5.82 Å². The molecule has 106 valence electrons. The van der Waals surface area contributed by atoms with E-state index in [2.05, 4.69) is 27.4 Å². The second-order valence-corrected chi connectivity index (χ2v) is 4.83. The van der Waals surface area contributed by atoms with Crippen LogP contribution in [-0.4, -0.2) is 23.6 Å². The molecule has 2 rings (SSSR count). The summed E-state index contributed by atoms with van der Waals surface area (Å²) in [6, 6.07) is 8.20. The highest BCUT2D eigenvalue weighted by atomic mass is 16.5. The summed E-state index contributed by atoms with van der Waals surface area (Å²) in [5.41, 5.74) is 3.17. The molecule has 1 aromatic heterocycles. The van der Waals surface area contributed by atoms with Gasteiger partial charge in [0.2, 0.25) is 0 Å². The first-order chi connectivity index (χ1) is 9.69. The maximum Gasteiger partial charge on any atom is 0.147 e. The molecule has 0 aliphatic heterocycles. The van der Waals surface area contributed by atoms with E-state index in [9.17, 15) is 0 Å². The summed E-state index contributed by atoms with van der Waals surface area (Å²) >= 11 is 0. The number of hydrogen-bond acceptors (Lipinski definition) is 4. The Hall–Kier alpha value is -2.10. The second kappa shape index (κ2) is 6.89. The first-order valence-electron chi connectivity index (χ1n) is 6.86. The molecule has 4 heteroatoms. The molecule has 0 aliphatic rings. The SMILES string of the molecule is COc1cccc(CCCNc2nc(C)cnc2C)c1. The number of rotatable bonds is 6. The fourth-order valence-corrected chi connectivity index (χ4v) is 2.03. The third-order valence-corrected chi connectivity index (χ3v) is 3.14. The zero-order valence-electron chi connectivity index (χ0n) is 12.3. The highest BCUT2D eigenvalue weighted by molar-refractivity contribution is 5.39. The van der Waals surface area contributed by atoms with Crippen molar-refractivity contribution in [1.82, 2.24) is 9.97 Å². The van der Waals surface area contributed by atoms with Crippen LogP contribution in [0.15, 0.2) is 30.5 Å². The summed E-state index contributed by atoms with van der Waals surface area (Å²) in [7, 11) is 1.69. The van der Waals surface area contributed by atoms with Crippen molar-refractivity contribution in [3.8, 4) is 5.75 Å². The molecule has 0 aliphatic carbocycles. The predicted molar refractivity (Wildman–Crippen MR) is 81.3 cm³/mol. The normalized spacial score (nSPS) is 10.3. The standard InChI is InChI=1S/C16H21N3O/c1-12-11-18-13(2)16(19-12)17-9-5-7-14-6-4-8-15(10-14)20-3/h4,6,8,10-11H,5,7,9H2,1-3H3,(H,17,19). The number of nitrogens with one attached hydrogen (secondary N) is 1. The molecule has 1 N–H and O–H groups in total. The molecule has 20 heavy (non-hydrogen) atoms. The Bertz CT molecular complexity index is 569. The number of aryl methyl sites for hydroxylation is 3. The van der Waals surface area contributed by atoms with Gasteiger partial charge >= 0.3 is 0 Å². The van der Waals surface area contributed by atoms with Gasteiger partial charge in [-0.3, -0.25) is 4.98 Å². The van der Waals surface area contributed by atoms with Gasteiger partial charge in [0.25, 0.3) is 0 Å². The van der Waals surface area contributed by atoms with E-state index in [4.69, 9.17) is 4.74 Å². The van der Waals surface area contributed by atoms with Crippen LogP contribution in [0.2, 0.25) is 0 Å². The van der Waals surface area contributed by atoms with Gasteiger partial charge in [-0.15, -0.1) is 0 Å². The van der Waals surface area contributed by atoms with E-state index >= 15 is 0 Å². The molecule has 0 bridgehead atoms. The lowest BCUT2D eigenvalue weighted by atomic mass is 10.1. The minimum Gasteiger partial charge on any atom is -0.497 e. The minimum atomic E-state index is 0.885. The maximum absolute atomic E-state index is 5.23. The number of aromatic nitrogens is 2. The predicted octanol–water partition coefficient (Wildman–Crippen LogP) is 3.15. The molecular weight excluding hydrogens is 250 g/mol. The first kappa shape index (κ1) is 14.3. The summed E-state index contributed by atoms with van der Waals surface area (Å²) in [5, 5.41) is 3.35. The Labute approximate surface area is 120 Å². The molecular formula is C16H21N3O. The summed E-state index contributed by atoms with van der Waals surface area (Å²) < 4.78 is 5.23. The van der Waals surface area contributed by atoms with Crippen LogP contribution in [0.3, 0.4) is 0 Å². The van der Waals surface area contributed by atoms with Gasteiger partial charge < -0.3 is 10.1 Å². The van der Waals surface area contributed by atoms with Crippen molar-refractivity contribution in [1.29, 1.82) is 0 Å². The van der Waals surface area contributed by atoms with Crippen molar-refractivity contribution in [2.75, 3.05) is 19.0 Å². The van der Waals surface area contributed by atoms with Crippen LogP contribution in [0, 0.1) is 13.8 Å². The third-order valence-electron chi connectivity index (χ3n) is 3.14. The number of anilines is 1. The highest BCUT2D eigenvalue weighted by Gasteiger charge is 2.01. The van der Waals surface area contributed by atoms with E-state index in [0.29, 0.717) is 0 Å². The van der Waals surface area contributed by atoms with Crippen molar-refractivity contribution in [2.24, 2.45) is 0 Å². The molecule has 1 aromatic carbocycles. The maximum atomic E-state index is 5.23. The summed E-state index contributed by atoms with van der Waals surface area (Å²) in [6.07, 6.45) is 3.85. The van der Waals surface area contributed by atoms with Crippen LogP contribution in [0.1, 0.15) is 23.4 Å². The van der Waals surface area contributed by atoms with Crippen LogP contribution in [0.25, 0.3) is 0 Å². The van der Waals surface area contributed by atoms with Gasteiger partial charge in [-0.1, -0.05) is 12.1 Å². The quantitative estimate of drug-likeness (QED) is 0.820. The van der Waals surface area contributed by atoms with Crippen LogP contribution in [-0.2, 0) is 6.42 Å². The van der Waals surface area contributed by atoms with Crippen molar-refractivity contribution in [3.63, 3.8) is 0 Å². The van der Waals surface area contributed by atoms with Crippen LogP contribution >= 0.6 is 0 Å². The molecule has 0 saturated heterocycles. The van der Waals surface area contributed by atoms with Gasteiger partial charge in [0.1, 0.15) is 11.6 Å². The van der Waals surface area contributed by atoms with Crippen LogP contribution < -0.4 is 10.1 Å². The average Bonchev–Trinajstić information content (AvgIpc) is 2.47. The Balaban J connectivity index is 1.82. The lowest BCUT2D eigenvalue weighted by Crippen LogP contribution is -2.07. The number of ether oxygens (including phenoxy) is 1. The van der Waals surface area contributed by atoms with Gasteiger partial charge in [-0.2, -0.15) is 0 Å². The molecule has 0 spiro atoms. The third kappa shape index (κ3) is 3.95. The van der Waals surface area contributed by atoms with Crippen molar-refractivity contribution < 1.29 is 4.74 Å². The van der Waals surface area contributed by atoms with E-state index in [-0.39, 0.29) is 0 Å². The fourth-order valence-electron chi connectivity index (χ4n) is 2.03. The van der Waals surface area contributed by atoms with E-state index in [0.717, 1.165) is 42.3 Å². The smallest absolute Gasteiger partial charge is 0.147 e. The summed E-state index contributed by atoms with van der Waals surface area (Å²) in [5.74, 6) is 1.80. The fraction of sp³-hybridized carbons (Fsp3) is 0.375. The van der Waals surface area contributed by atoms with Gasteiger partial charge in [-0.05, 0) is 44.4 Å². The lowest BCUT2D eigenvalue weighted by molar-refractivity contribution is 0.414. The highest BCUT2D eigenvalue weighted by Crippen LogP contribution is 2.14. The van der Waals surface area contributed by atoms with E-state index < -0.39 is 0 Å². The van der Waals surface area contributed by atoms with Gasteiger partial charge in [0.05, 0.1) is 18.5 Å².